The van der Waals surface area contributed by atoms with Crippen molar-refractivity contribution in [3.63, 3.8) is 0 Å². The minimum atomic E-state index is 0.168. The van der Waals surface area contributed by atoms with Crippen molar-refractivity contribution in [1.82, 2.24) is 9.47 Å². The lowest BCUT2D eigenvalue weighted by atomic mass is 10.1. The second kappa shape index (κ2) is 5.72. The molecule has 4 heteroatoms. The second-order valence-corrected chi connectivity index (χ2v) is 6.17. The number of fused-ring (bicyclic) bond motifs is 1. The topological polar surface area (TPSA) is 25.2 Å². The highest BCUT2D eigenvalue weighted by atomic mass is 35.5. The van der Waals surface area contributed by atoms with Crippen LogP contribution in [-0.2, 0) is 6.54 Å². The van der Waals surface area contributed by atoms with Crippen molar-refractivity contribution in [2.75, 3.05) is 13.1 Å². The molecule has 2 aromatic rings. The molecule has 1 aliphatic rings. The van der Waals surface area contributed by atoms with Gasteiger partial charge >= 0.3 is 0 Å². The van der Waals surface area contributed by atoms with Crippen LogP contribution in [0.2, 0.25) is 5.02 Å². The van der Waals surface area contributed by atoms with Crippen LogP contribution in [0.3, 0.4) is 0 Å². The van der Waals surface area contributed by atoms with Crippen LogP contribution in [0, 0.1) is 6.92 Å². The monoisotopic (exact) mass is 304 g/mol. The zero-order chi connectivity index (χ0) is 15.0. The quantitative estimate of drug-likeness (QED) is 0.814. The van der Waals surface area contributed by atoms with Crippen LogP contribution in [0.5, 0.6) is 0 Å². The third-order valence-corrected chi connectivity index (χ3v) is 4.68. The molecule has 2 heterocycles. The molecule has 1 aliphatic heterocycles. The van der Waals surface area contributed by atoms with Crippen molar-refractivity contribution in [2.24, 2.45) is 0 Å². The first-order chi connectivity index (χ1) is 10.1. The maximum absolute atomic E-state index is 12.9. The summed E-state index contributed by atoms with van der Waals surface area (Å²) >= 11 is 6.12. The minimum absolute atomic E-state index is 0.168. The molecule has 21 heavy (non-hydrogen) atoms. The fourth-order valence-corrected chi connectivity index (χ4v) is 3.52. The third-order valence-electron chi connectivity index (χ3n) is 4.44. The van der Waals surface area contributed by atoms with E-state index >= 15 is 0 Å². The van der Waals surface area contributed by atoms with Gasteiger partial charge in [0.2, 0.25) is 0 Å². The number of hydrogen-bond acceptors (Lipinski definition) is 1. The van der Waals surface area contributed by atoms with Gasteiger partial charge in [0.25, 0.3) is 5.91 Å². The number of likely N-dealkylation sites (tertiary alicyclic amines) is 1. The van der Waals surface area contributed by atoms with Crippen LogP contribution in [0.15, 0.2) is 18.2 Å². The number of hydrogen-bond donors (Lipinski definition) is 0. The van der Waals surface area contributed by atoms with Crippen molar-refractivity contribution >= 4 is 28.4 Å². The number of aromatic nitrogens is 1. The van der Waals surface area contributed by atoms with Crippen LogP contribution < -0.4 is 0 Å². The van der Waals surface area contributed by atoms with Crippen LogP contribution in [0.1, 0.15) is 42.2 Å². The van der Waals surface area contributed by atoms with Gasteiger partial charge in [-0.15, -0.1) is 0 Å². The van der Waals surface area contributed by atoms with Gasteiger partial charge in [-0.3, -0.25) is 4.79 Å². The molecule has 0 saturated carbocycles. The van der Waals surface area contributed by atoms with Crippen molar-refractivity contribution in [3.05, 3.63) is 34.5 Å². The first kappa shape index (κ1) is 14.5. The van der Waals surface area contributed by atoms with E-state index in [1.165, 1.54) is 6.42 Å². The Morgan fingerprint density at radius 2 is 1.95 bits per heavy atom. The Morgan fingerprint density at radius 3 is 2.62 bits per heavy atom. The molecule has 0 radical (unpaired) electrons. The zero-order valence-electron chi connectivity index (χ0n) is 12.7. The summed E-state index contributed by atoms with van der Waals surface area (Å²) in [6, 6.07) is 5.87. The van der Waals surface area contributed by atoms with Gasteiger partial charge in [0.15, 0.2) is 0 Å². The summed E-state index contributed by atoms with van der Waals surface area (Å²) in [6.07, 6.45) is 3.46. The molecule has 0 N–H and O–H groups in total. The largest absolute Gasteiger partial charge is 0.337 e. The smallest absolute Gasteiger partial charge is 0.270 e. The fraction of sp³-hybridized carbons (Fsp3) is 0.471. The molecule has 1 amide bonds. The third kappa shape index (κ3) is 2.44. The number of aryl methyl sites for hydroxylation is 2. The van der Waals surface area contributed by atoms with E-state index < -0.39 is 0 Å². The maximum atomic E-state index is 12.9. The first-order valence-corrected chi connectivity index (χ1v) is 8.09. The average molecular weight is 305 g/mol. The molecule has 3 rings (SSSR count). The van der Waals surface area contributed by atoms with Crippen LogP contribution in [0.4, 0.5) is 0 Å². The van der Waals surface area contributed by atoms with E-state index in [1.54, 1.807) is 0 Å². The minimum Gasteiger partial charge on any atom is -0.337 e. The number of nitrogens with zero attached hydrogens (tertiary/aromatic N) is 2. The molecule has 1 saturated heterocycles. The molecule has 1 aromatic heterocycles. The lowest BCUT2D eigenvalue weighted by Crippen LogP contribution is -2.37. The Kier molecular flexibility index (Phi) is 3.94. The van der Waals surface area contributed by atoms with Crippen molar-refractivity contribution in [3.8, 4) is 0 Å². The summed E-state index contributed by atoms with van der Waals surface area (Å²) in [4.78, 5) is 14.9. The Balaban J connectivity index is 2.12. The summed E-state index contributed by atoms with van der Waals surface area (Å²) in [5, 5.41) is 1.81. The lowest BCUT2D eigenvalue weighted by Gasteiger charge is -2.27. The number of amides is 1. The van der Waals surface area contributed by atoms with E-state index in [1.807, 2.05) is 30.0 Å². The number of halogens is 1. The number of piperidine rings is 1. The molecule has 112 valence electrons. The lowest BCUT2D eigenvalue weighted by molar-refractivity contribution is 0.0713. The van der Waals surface area contributed by atoms with Gasteiger partial charge < -0.3 is 9.47 Å². The Morgan fingerprint density at radius 1 is 1.24 bits per heavy atom. The van der Waals surface area contributed by atoms with E-state index in [4.69, 9.17) is 11.6 Å². The molecule has 1 aromatic carbocycles. The van der Waals surface area contributed by atoms with Gasteiger partial charge in [-0.1, -0.05) is 11.6 Å². The van der Waals surface area contributed by atoms with Crippen LogP contribution in [-0.4, -0.2) is 28.5 Å². The number of carbonyl (C=O) groups is 1. The van der Waals surface area contributed by atoms with Gasteiger partial charge in [0.05, 0.1) is 0 Å². The molecule has 1 fully saturated rings. The summed E-state index contributed by atoms with van der Waals surface area (Å²) in [5.74, 6) is 0.168. The summed E-state index contributed by atoms with van der Waals surface area (Å²) in [5.41, 5.74) is 2.97. The highest BCUT2D eigenvalue weighted by Crippen LogP contribution is 2.29. The highest BCUT2D eigenvalue weighted by Gasteiger charge is 2.25. The van der Waals surface area contributed by atoms with E-state index in [0.29, 0.717) is 0 Å². The highest BCUT2D eigenvalue weighted by molar-refractivity contribution is 6.31. The number of benzene rings is 1. The van der Waals surface area contributed by atoms with E-state index in [2.05, 4.69) is 11.5 Å². The standard InChI is InChI=1S/C17H21ClN2O/c1-3-20-15-8-7-13(18)11-14(15)12(2)16(20)17(21)19-9-5-4-6-10-19/h7-8,11H,3-6,9-10H2,1-2H3. The molecular formula is C17H21ClN2O. The van der Waals surface area contributed by atoms with Gasteiger partial charge in [-0.2, -0.15) is 0 Å². The molecule has 0 spiro atoms. The molecule has 3 nitrogen and oxygen atoms in total. The normalized spacial score (nSPS) is 15.7. The van der Waals surface area contributed by atoms with E-state index in [-0.39, 0.29) is 5.91 Å². The SMILES string of the molecule is CCn1c(C(=O)N2CCCCC2)c(C)c2cc(Cl)ccc21. The van der Waals surface area contributed by atoms with Gasteiger partial charge in [-0.25, -0.2) is 0 Å². The summed E-state index contributed by atoms with van der Waals surface area (Å²) < 4.78 is 2.12. The van der Waals surface area contributed by atoms with E-state index in [9.17, 15) is 4.79 Å². The first-order valence-electron chi connectivity index (χ1n) is 7.71. The predicted octanol–water partition coefficient (Wildman–Crippen LogP) is 4.25. The predicted molar refractivity (Wildman–Crippen MR) is 87.1 cm³/mol. The molecule has 0 unspecified atom stereocenters. The Hall–Kier alpha value is -1.48. The molecule has 0 bridgehead atoms. The fourth-order valence-electron chi connectivity index (χ4n) is 3.35. The molecular weight excluding hydrogens is 284 g/mol. The number of rotatable bonds is 2. The van der Waals surface area contributed by atoms with Crippen LogP contribution in [0.25, 0.3) is 10.9 Å². The maximum Gasteiger partial charge on any atom is 0.270 e. The number of carbonyl (C=O) groups excluding carboxylic acids is 1. The van der Waals surface area contributed by atoms with Gasteiger partial charge in [0.1, 0.15) is 5.69 Å². The van der Waals surface area contributed by atoms with Crippen molar-refractivity contribution in [2.45, 2.75) is 39.7 Å². The second-order valence-electron chi connectivity index (χ2n) is 5.73. The van der Waals surface area contributed by atoms with E-state index in [0.717, 1.165) is 59.7 Å². The average Bonchev–Trinajstić information content (AvgIpc) is 2.79. The van der Waals surface area contributed by atoms with Crippen molar-refractivity contribution in [1.29, 1.82) is 0 Å². The molecule has 0 atom stereocenters. The summed E-state index contributed by atoms with van der Waals surface area (Å²) in [7, 11) is 0. The summed E-state index contributed by atoms with van der Waals surface area (Å²) in [6.45, 7) is 6.66. The Labute approximate surface area is 130 Å². The molecule has 0 aliphatic carbocycles. The van der Waals surface area contributed by atoms with Crippen LogP contribution >= 0.6 is 11.6 Å². The Bertz CT molecular complexity index is 684. The van der Waals surface area contributed by atoms with Crippen molar-refractivity contribution < 1.29 is 4.79 Å². The van der Waals surface area contributed by atoms with Gasteiger partial charge in [0, 0.05) is 35.6 Å². The zero-order valence-corrected chi connectivity index (χ0v) is 13.4. The van der Waals surface area contributed by atoms with Gasteiger partial charge in [-0.05, 0) is 56.9 Å².